The number of alkyl carbamates (subject to hydrolysis) is 1. The molecule has 31 heavy (non-hydrogen) atoms. The van der Waals surface area contributed by atoms with Gasteiger partial charge < -0.3 is 25.0 Å². The highest BCUT2D eigenvalue weighted by Crippen LogP contribution is 2.26. The Morgan fingerprint density at radius 2 is 1.81 bits per heavy atom. The highest BCUT2D eigenvalue weighted by Gasteiger charge is 2.21. The summed E-state index contributed by atoms with van der Waals surface area (Å²) < 4.78 is 25.0. The van der Waals surface area contributed by atoms with Crippen molar-refractivity contribution in [2.75, 3.05) is 49.7 Å². The lowest BCUT2D eigenvalue weighted by Gasteiger charge is -2.37. The number of nitrogens with zero attached hydrogens (tertiary/aromatic N) is 2. The summed E-state index contributed by atoms with van der Waals surface area (Å²) in [6.07, 6.45) is -0.000483. The summed E-state index contributed by atoms with van der Waals surface area (Å²) in [5, 5.41) is 9.01. The Kier molecular flexibility index (Phi) is 7.66. The summed E-state index contributed by atoms with van der Waals surface area (Å²) in [6.45, 7) is 3.37. The fraction of sp³-hybridized carbons (Fsp3) is 0.364. The van der Waals surface area contributed by atoms with Crippen molar-refractivity contribution in [3.05, 3.63) is 59.4 Å². The van der Waals surface area contributed by atoms with Crippen molar-refractivity contribution in [2.45, 2.75) is 13.0 Å². The van der Waals surface area contributed by atoms with Gasteiger partial charge in [0, 0.05) is 44.5 Å². The van der Waals surface area contributed by atoms with Gasteiger partial charge in [0.1, 0.15) is 6.61 Å². The molecule has 1 aliphatic heterocycles. The van der Waals surface area contributed by atoms with E-state index in [-0.39, 0.29) is 12.2 Å². The Labute approximate surface area is 181 Å². The summed E-state index contributed by atoms with van der Waals surface area (Å²) in [6, 6.07) is 13.5. The van der Waals surface area contributed by atoms with Crippen LogP contribution in [0.2, 0.25) is 0 Å². The number of anilines is 2. The quantitative estimate of drug-likeness (QED) is 0.461. The molecule has 1 saturated heterocycles. The molecular weight excluding hydrogens is 401 g/mol. The van der Waals surface area contributed by atoms with Gasteiger partial charge in [0.15, 0.2) is 11.8 Å². The monoisotopic (exact) mass is 429 g/mol. The molecule has 0 bridgehead atoms. The van der Waals surface area contributed by atoms with E-state index in [1.807, 2.05) is 10.2 Å². The highest BCUT2D eigenvalue weighted by molar-refractivity contribution is 5.90. The fourth-order valence-electron chi connectivity index (χ4n) is 3.51. The molecular formula is C22H28FN5O3. The van der Waals surface area contributed by atoms with Crippen LogP contribution in [0.15, 0.2) is 42.5 Å². The SMILES string of the molecule is COCCc1ccc(N2CCN(c3cccc(COC(=O)NC(=N)N)c3F)CC2)cc1. The minimum absolute atomic E-state index is 0.242. The molecule has 2 aromatic carbocycles. The number of halogens is 1. The first kappa shape index (κ1) is 22.4. The number of methoxy groups -OCH3 is 1. The van der Waals surface area contributed by atoms with E-state index in [1.165, 1.54) is 5.56 Å². The molecule has 0 atom stereocenters. The Morgan fingerprint density at radius 3 is 2.45 bits per heavy atom. The average molecular weight is 429 g/mol. The first-order valence-electron chi connectivity index (χ1n) is 10.1. The number of nitrogens with one attached hydrogen (secondary N) is 2. The zero-order chi connectivity index (χ0) is 22.2. The summed E-state index contributed by atoms with van der Waals surface area (Å²) in [4.78, 5) is 15.8. The molecule has 1 heterocycles. The van der Waals surface area contributed by atoms with Gasteiger partial charge in [-0.1, -0.05) is 24.3 Å². The van der Waals surface area contributed by atoms with E-state index in [4.69, 9.17) is 20.6 Å². The van der Waals surface area contributed by atoms with Crippen LogP contribution in [0.4, 0.5) is 20.6 Å². The van der Waals surface area contributed by atoms with Crippen LogP contribution >= 0.6 is 0 Å². The number of nitrogens with two attached hydrogens (primary N) is 1. The molecule has 166 valence electrons. The van der Waals surface area contributed by atoms with Crippen LogP contribution in [0.1, 0.15) is 11.1 Å². The number of rotatable bonds is 7. The summed E-state index contributed by atoms with van der Waals surface area (Å²) in [5.74, 6) is -0.934. The molecule has 2 aromatic rings. The van der Waals surface area contributed by atoms with Gasteiger partial charge in [-0.25, -0.2) is 9.18 Å². The van der Waals surface area contributed by atoms with Crippen LogP contribution in [-0.2, 0) is 22.5 Å². The zero-order valence-corrected chi connectivity index (χ0v) is 17.6. The van der Waals surface area contributed by atoms with Gasteiger partial charge in [-0.3, -0.25) is 10.7 Å². The smallest absolute Gasteiger partial charge is 0.414 e. The molecule has 8 nitrogen and oxygen atoms in total. The molecule has 4 N–H and O–H groups in total. The maximum atomic E-state index is 15.0. The third-order valence-electron chi connectivity index (χ3n) is 5.17. The van der Waals surface area contributed by atoms with Crippen LogP contribution < -0.4 is 20.9 Å². The van der Waals surface area contributed by atoms with E-state index in [1.54, 1.807) is 25.3 Å². The normalized spacial score (nSPS) is 13.7. The number of hydrogen-bond donors (Lipinski definition) is 3. The predicted octanol–water partition coefficient (Wildman–Crippen LogP) is 2.46. The molecule has 1 aliphatic rings. The number of piperazine rings is 1. The van der Waals surface area contributed by atoms with Gasteiger partial charge in [0.2, 0.25) is 0 Å². The Balaban J connectivity index is 1.58. The topological polar surface area (TPSA) is 104 Å². The molecule has 9 heteroatoms. The minimum atomic E-state index is -0.890. The first-order valence-corrected chi connectivity index (χ1v) is 10.1. The number of amides is 1. The van der Waals surface area contributed by atoms with E-state index >= 15 is 0 Å². The summed E-state index contributed by atoms with van der Waals surface area (Å²) in [5.41, 5.74) is 8.22. The van der Waals surface area contributed by atoms with Crippen LogP contribution in [0.3, 0.4) is 0 Å². The van der Waals surface area contributed by atoms with E-state index < -0.39 is 17.9 Å². The van der Waals surface area contributed by atoms with Crippen molar-refractivity contribution < 1.29 is 18.7 Å². The fourth-order valence-corrected chi connectivity index (χ4v) is 3.51. The Hall–Kier alpha value is -3.33. The predicted molar refractivity (Wildman–Crippen MR) is 118 cm³/mol. The van der Waals surface area contributed by atoms with E-state index in [0.29, 0.717) is 25.4 Å². The second kappa shape index (κ2) is 10.6. The van der Waals surface area contributed by atoms with Crippen LogP contribution in [0.5, 0.6) is 0 Å². The van der Waals surface area contributed by atoms with Crippen molar-refractivity contribution in [3.8, 4) is 0 Å². The highest BCUT2D eigenvalue weighted by atomic mass is 19.1. The van der Waals surface area contributed by atoms with Crippen molar-refractivity contribution in [2.24, 2.45) is 5.73 Å². The molecule has 0 radical (unpaired) electrons. The first-order chi connectivity index (χ1) is 15.0. The molecule has 1 amide bonds. The summed E-state index contributed by atoms with van der Waals surface area (Å²) >= 11 is 0. The number of ether oxygens (including phenoxy) is 2. The third-order valence-corrected chi connectivity index (χ3v) is 5.17. The largest absolute Gasteiger partial charge is 0.444 e. The second-order valence-corrected chi connectivity index (χ2v) is 7.25. The van der Waals surface area contributed by atoms with Crippen LogP contribution in [0.25, 0.3) is 0 Å². The van der Waals surface area contributed by atoms with E-state index in [0.717, 1.165) is 25.2 Å². The average Bonchev–Trinajstić information content (AvgIpc) is 2.77. The maximum Gasteiger partial charge on any atom is 0.414 e. The van der Waals surface area contributed by atoms with Crippen molar-refractivity contribution >= 4 is 23.4 Å². The maximum absolute atomic E-state index is 15.0. The van der Waals surface area contributed by atoms with Crippen molar-refractivity contribution in [3.63, 3.8) is 0 Å². The van der Waals surface area contributed by atoms with Gasteiger partial charge in [-0.15, -0.1) is 0 Å². The number of guanidine groups is 1. The van der Waals surface area contributed by atoms with Crippen LogP contribution in [0, 0.1) is 11.2 Å². The van der Waals surface area contributed by atoms with E-state index in [2.05, 4.69) is 29.2 Å². The molecule has 0 aliphatic carbocycles. The Morgan fingerprint density at radius 1 is 1.13 bits per heavy atom. The number of carbonyl (C=O) groups is 1. The molecule has 0 unspecified atom stereocenters. The van der Waals surface area contributed by atoms with Gasteiger partial charge in [-0.05, 0) is 30.2 Å². The Bertz CT molecular complexity index is 899. The van der Waals surface area contributed by atoms with Gasteiger partial charge in [0.25, 0.3) is 0 Å². The molecule has 0 aromatic heterocycles. The lowest BCUT2D eigenvalue weighted by molar-refractivity contribution is 0.143. The summed E-state index contributed by atoms with van der Waals surface area (Å²) in [7, 11) is 1.70. The molecule has 0 spiro atoms. The molecule has 0 saturated carbocycles. The van der Waals surface area contributed by atoms with Gasteiger partial charge in [0.05, 0.1) is 12.3 Å². The lowest BCUT2D eigenvalue weighted by Crippen LogP contribution is -2.46. The standard InChI is InChI=1S/C22H28FN5O3/c1-30-14-9-16-5-7-18(8-6-16)27-10-12-28(13-11-27)19-4-2-3-17(20(19)23)15-31-22(29)26-21(24)25/h2-8H,9-15H2,1H3,(H4,24,25,26,29). The third kappa shape index (κ3) is 6.08. The van der Waals surface area contributed by atoms with E-state index in [9.17, 15) is 9.18 Å². The van der Waals surface area contributed by atoms with Gasteiger partial charge >= 0.3 is 6.09 Å². The number of carbonyl (C=O) groups excluding carboxylic acids is 1. The zero-order valence-electron chi connectivity index (χ0n) is 17.6. The van der Waals surface area contributed by atoms with Crippen molar-refractivity contribution in [1.29, 1.82) is 5.41 Å². The molecule has 3 rings (SSSR count). The lowest BCUT2D eigenvalue weighted by atomic mass is 10.1. The van der Waals surface area contributed by atoms with Crippen molar-refractivity contribution in [1.82, 2.24) is 5.32 Å². The number of hydrogen-bond acceptors (Lipinski definition) is 6. The minimum Gasteiger partial charge on any atom is -0.444 e. The second-order valence-electron chi connectivity index (χ2n) is 7.25. The van der Waals surface area contributed by atoms with Crippen LogP contribution in [-0.4, -0.2) is 51.9 Å². The van der Waals surface area contributed by atoms with Gasteiger partial charge in [-0.2, -0.15) is 0 Å². The number of benzene rings is 2. The molecule has 1 fully saturated rings.